The van der Waals surface area contributed by atoms with Crippen LogP contribution in [0.3, 0.4) is 0 Å². The van der Waals surface area contributed by atoms with Crippen LogP contribution in [0.1, 0.15) is 32.4 Å². The molecular weight excluding hydrogens is 418 g/mol. The number of H-pyrrole nitrogens is 1. The first-order valence-electron chi connectivity index (χ1n) is 9.70. The van der Waals surface area contributed by atoms with Crippen molar-refractivity contribution in [3.8, 4) is 0 Å². The van der Waals surface area contributed by atoms with Crippen LogP contribution in [-0.2, 0) is 14.6 Å². The van der Waals surface area contributed by atoms with Crippen molar-refractivity contribution in [1.29, 1.82) is 0 Å². The van der Waals surface area contributed by atoms with Gasteiger partial charge in [0, 0.05) is 22.3 Å². The zero-order valence-electron chi connectivity index (χ0n) is 16.8. The van der Waals surface area contributed by atoms with Crippen LogP contribution >= 0.6 is 11.6 Å². The Morgan fingerprint density at radius 1 is 1.13 bits per heavy atom. The third-order valence-electron chi connectivity index (χ3n) is 5.79. The zero-order chi connectivity index (χ0) is 21.6. The highest BCUT2D eigenvalue weighted by atomic mass is 35.5. The molecule has 0 bridgehead atoms. The maximum absolute atomic E-state index is 13.7. The van der Waals surface area contributed by atoms with Crippen molar-refractivity contribution < 1.29 is 13.2 Å². The molecule has 0 saturated carbocycles. The molecule has 1 unspecified atom stereocenters. The van der Waals surface area contributed by atoms with Crippen LogP contribution in [0.5, 0.6) is 0 Å². The van der Waals surface area contributed by atoms with Crippen LogP contribution in [0.4, 0.5) is 0 Å². The highest BCUT2D eigenvalue weighted by Crippen LogP contribution is 2.42. The smallest absolute Gasteiger partial charge is 0.209 e. The van der Waals surface area contributed by atoms with E-state index in [4.69, 9.17) is 11.6 Å². The molecule has 0 radical (unpaired) electrons. The summed E-state index contributed by atoms with van der Waals surface area (Å²) in [6, 6.07) is 13.5. The number of carbonyl (C=O) groups excluding carboxylic acids is 1. The largest absolute Gasteiger partial charge is 0.354 e. The third-order valence-corrected chi connectivity index (χ3v) is 7.88. The second kappa shape index (κ2) is 7.56. The van der Waals surface area contributed by atoms with Crippen molar-refractivity contribution >= 4 is 43.7 Å². The van der Waals surface area contributed by atoms with Gasteiger partial charge in [0.2, 0.25) is 9.84 Å². The molecule has 154 valence electrons. The molecule has 1 atom stereocenters. The van der Waals surface area contributed by atoms with Crippen molar-refractivity contribution in [2.24, 2.45) is 5.92 Å². The van der Waals surface area contributed by atoms with Gasteiger partial charge in [0.1, 0.15) is 4.90 Å². The monoisotopic (exact) mass is 439 g/mol. The van der Waals surface area contributed by atoms with Gasteiger partial charge in [-0.2, -0.15) is 0 Å². The van der Waals surface area contributed by atoms with Crippen molar-refractivity contribution in [3.63, 3.8) is 0 Å². The maximum Gasteiger partial charge on any atom is 0.209 e. The number of allylic oxidation sites excluding steroid dienone is 3. The first-order valence-corrected chi connectivity index (χ1v) is 11.6. The highest BCUT2D eigenvalue weighted by molar-refractivity contribution is 7.91. The quantitative estimate of drug-likeness (QED) is 0.508. The average Bonchev–Trinajstić information content (AvgIpc) is 3.09. The first kappa shape index (κ1) is 20.6. The Labute approximate surface area is 181 Å². The lowest BCUT2D eigenvalue weighted by atomic mass is 9.79. The summed E-state index contributed by atoms with van der Waals surface area (Å²) in [6.45, 7) is 7.69. The van der Waals surface area contributed by atoms with E-state index in [9.17, 15) is 13.2 Å². The van der Waals surface area contributed by atoms with Crippen LogP contribution in [0.25, 0.3) is 16.5 Å². The molecule has 0 spiro atoms. The molecule has 1 heterocycles. The minimum atomic E-state index is -3.86. The summed E-state index contributed by atoms with van der Waals surface area (Å²) in [5.74, 6) is 0.00229. The lowest BCUT2D eigenvalue weighted by Crippen LogP contribution is -2.19. The minimum Gasteiger partial charge on any atom is -0.354 e. The van der Waals surface area contributed by atoms with E-state index in [1.54, 1.807) is 55.5 Å². The predicted molar refractivity (Wildman–Crippen MR) is 120 cm³/mol. The van der Waals surface area contributed by atoms with E-state index >= 15 is 0 Å². The van der Waals surface area contributed by atoms with Gasteiger partial charge in [-0.1, -0.05) is 42.0 Å². The summed E-state index contributed by atoms with van der Waals surface area (Å²) < 4.78 is 27.4. The van der Waals surface area contributed by atoms with Gasteiger partial charge in [-0.05, 0) is 67.7 Å². The number of nitrogens with one attached hydrogen (secondary N) is 1. The minimum absolute atomic E-state index is 0.0153. The number of fused-ring (bicyclic) bond motifs is 1. The molecule has 0 fully saturated rings. The fourth-order valence-electron chi connectivity index (χ4n) is 4.00. The second-order valence-electron chi connectivity index (χ2n) is 7.81. The molecular formula is C24H22ClNO3S. The number of carbonyl (C=O) groups is 1. The number of benzene rings is 2. The molecule has 0 aliphatic heterocycles. The van der Waals surface area contributed by atoms with E-state index in [2.05, 4.69) is 11.6 Å². The Bertz CT molecular complexity index is 1320. The Morgan fingerprint density at radius 2 is 1.83 bits per heavy atom. The van der Waals surface area contributed by atoms with Crippen molar-refractivity contribution in [3.05, 3.63) is 77.0 Å². The van der Waals surface area contributed by atoms with E-state index in [1.807, 2.05) is 6.92 Å². The molecule has 0 amide bonds. The summed E-state index contributed by atoms with van der Waals surface area (Å²) in [6.07, 6.45) is 0.961. The first-order chi connectivity index (χ1) is 14.2. The van der Waals surface area contributed by atoms with E-state index in [1.165, 1.54) is 0 Å². The molecule has 0 saturated heterocycles. The summed E-state index contributed by atoms with van der Waals surface area (Å²) >= 11 is 6.21. The van der Waals surface area contributed by atoms with Gasteiger partial charge in [-0.15, -0.1) is 0 Å². The van der Waals surface area contributed by atoms with E-state index in [0.717, 1.165) is 11.1 Å². The molecule has 4 rings (SSSR count). The Balaban J connectivity index is 2.05. The Morgan fingerprint density at radius 3 is 2.50 bits per heavy atom. The lowest BCUT2D eigenvalue weighted by Gasteiger charge is -2.25. The van der Waals surface area contributed by atoms with Gasteiger partial charge >= 0.3 is 0 Å². The van der Waals surface area contributed by atoms with Crippen LogP contribution < -0.4 is 0 Å². The van der Waals surface area contributed by atoms with Crippen molar-refractivity contribution in [2.45, 2.75) is 36.5 Å². The topological polar surface area (TPSA) is 67.0 Å². The number of hydrogen-bond acceptors (Lipinski definition) is 3. The molecule has 1 aromatic heterocycles. The molecule has 1 N–H and O–H groups in total. The number of sulfone groups is 1. The summed E-state index contributed by atoms with van der Waals surface area (Å²) in [4.78, 5) is 16.3. The summed E-state index contributed by atoms with van der Waals surface area (Å²) in [5, 5.41) is 0.967. The van der Waals surface area contributed by atoms with Crippen LogP contribution in [0.2, 0.25) is 5.02 Å². The van der Waals surface area contributed by atoms with E-state index in [0.29, 0.717) is 40.0 Å². The standard InChI is InChI=1S/C24H22ClNO3S/c1-14(2)16-11-19(15(3)22(27)12-16)23-24(20-13-17(25)9-10-21(20)26-23)30(28,29)18-7-5-4-6-8-18/h4-10,13,16,26H,1,11-12H2,2-3H3. The molecule has 3 aromatic rings. The predicted octanol–water partition coefficient (Wildman–Crippen LogP) is 5.98. The second-order valence-corrected chi connectivity index (χ2v) is 10.1. The number of rotatable bonds is 4. The number of halogens is 1. The normalized spacial score (nSPS) is 17.6. The van der Waals surface area contributed by atoms with Gasteiger partial charge in [-0.25, -0.2) is 8.42 Å². The van der Waals surface area contributed by atoms with Gasteiger partial charge in [0.25, 0.3) is 0 Å². The number of hydrogen-bond donors (Lipinski definition) is 1. The molecule has 6 heteroatoms. The zero-order valence-corrected chi connectivity index (χ0v) is 18.4. The number of aromatic amines is 1. The molecule has 2 aromatic carbocycles. The Kier molecular flexibility index (Phi) is 5.20. The summed E-state index contributed by atoms with van der Waals surface area (Å²) in [5.41, 5.74) is 3.36. The van der Waals surface area contributed by atoms with Gasteiger partial charge < -0.3 is 4.98 Å². The molecule has 1 aliphatic rings. The number of Topliss-reactive ketones (excluding diaryl/α,β-unsaturated/α-hetero) is 1. The van der Waals surface area contributed by atoms with Gasteiger partial charge in [-0.3, -0.25) is 4.79 Å². The maximum atomic E-state index is 13.7. The number of aromatic nitrogens is 1. The van der Waals surface area contributed by atoms with E-state index in [-0.39, 0.29) is 21.5 Å². The van der Waals surface area contributed by atoms with Crippen LogP contribution in [-0.4, -0.2) is 19.2 Å². The van der Waals surface area contributed by atoms with Gasteiger partial charge in [0.05, 0.1) is 10.6 Å². The van der Waals surface area contributed by atoms with Crippen LogP contribution in [0, 0.1) is 5.92 Å². The molecule has 1 aliphatic carbocycles. The van der Waals surface area contributed by atoms with Crippen molar-refractivity contribution in [1.82, 2.24) is 4.98 Å². The molecule has 4 nitrogen and oxygen atoms in total. The lowest BCUT2D eigenvalue weighted by molar-refractivity contribution is -0.116. The Hall–Kier alpha value is -2.63. The van der Waals surface area contributed by atoms with Crippen LogP contribution in [0.15, 0.2) is 76.0 Å². The average molecular weight is 440 g/mol. The SMILES string of the molecule is C=C(C)C1CC(=O)C(C)=C(c2[nH]c3ccc(Cl)cc3c2S(=O)(=O)c2ccccc2)C1. The number of ketones is 1. The van der Waals surface area contributed by atoms with E-state index < -0.39 is 9.84 Å². The fourth-order valence-corrected chi connectivity index (χ4v) is 5.83. The highest BCUT2D eigenvalue weighted by Gasteiger charge is 2.33. The molecule has 30 heavy (non-hydrogen) atoms. The fraction of sp³-hybridized carbons (Fsp3) is 0.208. The summed E-state index contributed by atoms with van der Waals surface area (Å²) in [7, 11) is -3.86. The van der Waals surface area contributed by atoms with Gasteiger partial charge in [0.15, 0.2) is 5.78 Å². The third kappa shape index (κ3) is 3.42. The van der Waals surface area contributed by atoms with Crippen molar-refractivity contribution in [2.75, 3.05) is 0 Å².